The van der Waals surface area contributed by atoms with Crippen LogP contribution < -0.4 is 5.32 Å². The summed E-state index contributed by atoms with van der Waals surface area (Å²) in [5.41, 5.74) is 0. The van der Waals surface area contributed by atoms with Gasteiger partial charge in [0.2, 0.25) is 5.91 Å². The number of carbonyl (C=O) groups excluding carboxylic acids is 1. The van der Waals surface area contributed by atoms with Gasteiger partial charge in [-0.1, -0.05) is 0 Å². The lowest BCUT2D eigenvalue weighted by Crippen LogP contribution is -2.41. The van der Waals surface area contributed by atoms with Gasteiger partial charge in [-0.3, -0.25) is 9.59 Å². The van der Waals surface area contributed by atoms with Crippen molar-refractivity contribution in [1.82, 2.24) is 5.32 Å². The van der Waals surface area contributed by atoms with Crippen LogP contribution in [0.1, 0.15) is 33.1 Å². The number of hydrogen-bond donors (Lipinski definition) is 2. The second kappa shape index (κ2) is 3.97. The number of carboxylic acid groups (broad SMARTS) is 1. The molecule has 0 aromatic heterocycles. The lowest BCUT2D eigenvalue weighted by Gasteiger charge is -2.18. The standard InChI is InChI=1S/C14H21NO3/c1-6(14(17)18)7(2)15-13(16)12-10-8-3-4-9(5-8)11(10)12/h6-12H,3-5H2,1-2H3,(H,15,16)(H,17,18). The summed E-state index contributed by atoms with van der Waals surface area (Å²) < 4.78 is 0. The number of amides is 1. The molecule has 2 bridgehead atoms. The van der Waals surface area contributed by atoms with Crippen LogP contribution in [0.15, 0.2) is 0 Å². The highest BCUT2D eigenvalue weighted by Gasteiger charge is 2.67. The van der Waals surface area contributed by atoms with E-state index in [1.807, 2.05) is 0 Å². The molecule has 0 spiro atoms. The van der Waals surface area contributed by atoms with E-state index >= 15 is 0 Å². The molecule has 3 saturated carbocycles. The molecule has 0 radical (unpaired) electrons. The molecule has 2 N–H and O–H groups in total. The predicted octanol–water partition coefficient (Wildman–Crippen LogP) is 1.50. The van der Waals surface area contributed by atoms with E-state index in [4.69, 9.17) is 5.11 Å². The maximum Gasteiger partial charge on any atom is 0.308 e. The van der Waals surface area contributed by atoms with Crippen molar-refractivity contribution in [1.29, 1.82) is 0 Å². The molecule has 6 atom stereocenters. The van der Waals surface area contributed by atoms with E-state index in [2.05, 4.69) is 5.32 Å². The maximum absolute atomic E-state index is 12.2. The fraction of sp³-hybridized carbons (Fsp3) is 0.857. The average Bonchev–Trinajstić information content (AvgIpc) is 2.77. The molecule has 1 amide bonds. The first-order valence-electron chi connectivity index (χ1n) is 7.04. The third-order valence-corrected chi connectivity index (χ3v) is 5.55. The van der Waals surface area contributed by atoms with Crippen LogP contribution in [0.25, 0.3) is 0 Å². The van der Waals surface area contributed by atoms with E-state index in [0.29, 0.717) is 11.8 Å². The molecule has 0 saturated heterocycles. The average molecular weight is 251 g/mol. The molecule has 3 rings (SSSR count). The third-order valence-electron chi connectivity index (χ3n) is 5.55. The molecule has 3 aliphatic carbocycles. The van der Waals surface area contributed by atoms with Gasteiger partial charge in [-0.2, -0.15) is 0 Å². The monoisotopic (exact) mass is 251 g/mol. The molecular formula is C14H21NO3. The first-order chi connectivity index (χ1) is 8.50. The largest absolute Gasteiger partial charge is 0.481 e. The molecule has 3 aliphatic rings. The molecule has 0 heterocycles. The quantitative estimate of drug-likeness (QED) is 0.795. The maximum atomic E-state index is 12.2. The van der Waals surface area contributed by atoms with Gasteiger partial charge < -0.3 is 10.4 Å². The van der Waals surface area contributed by atoms with Gasteiger partial charge in [0.15, 0.2) is 0 Å². The zero-order valence-electron chi connectivity index (χ0n) is 10.9. The molecule has 0 aliphatic heterocycles. The van der Waals surface area contributed by atoms with Crippen molar-refractivity contribution in [2.75, 3.05) is 0 Å². The molecular weight excluding hydrogens is 230 g/mol. The number of carbonyl (C=O) groups is 2. The van der Waals surface area contributed by atoms with E-state index in [1.54, 1.807) is 13.8 Å². The summed E-state index contributed by atoms with van der Waals surface area (Å²) in [4.78, 5) is 23.0. The van der Waals surface area contributed by atoms with Gasteiger partial charge in [0.25, 0.3) is 0 Å². The zero-order valence-corrected chi connectivity index (χ0v) is 10.9. The van der Waals surface area contributed by atoms with Crippen molar-refractivity contribution in [2.24, 2.45) is 35.5 Å². The van der Waals surface area contributed by atoms with Crippen molar-refractivity contribution in [3.05, 3.63) is 0 Å². The highest BCUT2D eigenvalue weighted by molar-refractivity contribution is 5.83. The van der Waals surface area contributed by atoms with Gasteiger partial charge in [-0.25, -0.2) is 0 Å². The van der Waals surface area contributed by atoms with Crippen LogP contribution in [0.3, 0.4) is 0 Å². The minimum Gasteiger partial charge on any atom is -0.481 e. The molecule has 3 fully saturated rings. The Morgan fingerprint density at radius 1 is 1.17 bits per heavy atom. The number of carboxylic acids is 1. The number of nitrogens with one attached hydrogen (secondary N) is 1. The summed E-state index contributed by atoms with van der Waals surface area (Å²) in [6.45, 7) is 3.42. The normalized spacial score (nSPS) is 43.1. The molecule has 4 heteroatoms. The Labute approximate surface area is 107 Å². The van der Waals surface area contributed by atoms with Crippen molar-refractivity contribution < 1.29 is 14.7 Å². The highest BCUT2D eigenvalue weighted by Crippen LogP contribution is 2.69. The fourth-order valence-electron chi connectivity index (χ4n) is 4.34. The Morgan fingerprint density at radius 2 is 1.72 bits per heavy atom. The summed E-state index contributed by atoms with van der Waals surface area (Å²) in [7, 11) is 0. The van der Waals surface area contributed by atoms with Gasteiger partial charge in [0.05, 0.1) is 5.92 Å². The lowest BCUT2D eigenvalue weighted by atomic mass is 10.0. The Bertz CT molecular complexity index is 379. The molecule has 0 aromatic rings. The highest BCUT2D eigenvalue weighted by atomic mass is 16.4. The van der Waals surface area contributed by atoms with Crippen molar-refractivity contribution in [2.45, 2.75) is 39.2 Å². The molecule has 0 aromatic carbocycles. The van der Waals surface area contributed by atoms with Crippen LogP contribution >= 0.6 is 0 Å². The first kappa shape index (κ1) is 12.0. The van der Waals surface area contributed by atoms with Gasteiger partial charge in [0, 0.05) is 12.0 Å². The van der Waals surface area contributed by atoms with E-state index in [9.17, 15) is 9.59 Å². The first-order valence-corrected chi connectivity index (χ1v) is 7.04. The number of aliphatic carboxylic acids is 1. The van der Waals surface area contributed by atoms with Gasteiger partial charge in [0.1, 0.15) is 0 Å². The van der Waals surface area contributed by atoms with Crippen LogP contribution in [0.5, 0.6) is 0 Å². The minimum atomic E-state index is -0.848. The smallest absolute Gasteiger partial charge is 0.308 e. The second-order valence-corrected chi connectivity index (χ2v) is 6.44. The van der Waals surface area contributed by atoms with Crippen LogP contribution in [0.4, 0.5) is 0 Å². The predicted molar refractivity (Wildman–Crippen MR) is 65.7 cm³/mol. The summed E-state index contributed by atoms with van der Waals surface area (Å²) in [6.07, 6.45) is 3.94. The van der Waals surface area contributed by atoms with E-state index < -0.39 is 11.9 Å². The van der Waals surface area contributed by atoms with Crippen molar-refractivity contribution in [3.8, 4) is 0 Å². The fourth-order valence-corrected chi connectivity index (χ4v) is 4.34. The third kappa shape index (κ3) is 1.65. The minimum absolute atomic E-state index is 0.0993. The van der Waals surface area contributed by atoms with Crippen LogP contribution in [-0.4, -0.2) is 23.0 Å². The van der Waals surface area contributed by atoms with E-state index in [-0.39, 0.29) is 17.9 Å². The topological polar surface area (TPSA) is 66.4 Å². The molecule has 4 nitrogen and oxygen atoms in total. The molecule has 6 unspecified atom stereocenters. The van der Waals surface area contributed by atoms with Gasteiger partial charge in [-0.05, 0) is 56.8 Å². The second-order valence-electron chi connectivity index (χ2n) is 6.44. The summed E-state index contributed by atoms with van der Waals surface area (Å²) >= 11 is 0. The van der Waals surface area contributed by atoms with Gasteiger partial charge in [-0.15, -0.1) is 0 Å². The van der Waals surface area contributed by atoms with Crippen LogP contribution in [0.2, 0.25) is 0 Å². The van der Waals surface area contributed by atoms with Crippen molar-refractivity contribution >= 4 is 11.9 Å². The summed E-state index contributed by atoms with van der Waals surface area (Å²) in [6, 6.07) is -0.283. The SMILES string of the molecule is CC(NC(=O)C1C2C3CCC(C3)C12)C(C)C(=O)O. The molecule has 100 valence electrons. The van der Waals surface area contributed by atoms with E-state index in [1.165, 1.54) is 19.3 Å². The van der Waals surface area contributed by atoms with Crippen LogP contribution in [0, 0.1) is 35.5 Å². The Kier molecular flexibility index (Phi) is 2.65. The Hall–Kier alpha value is -1.06. The zero-order chi connectivity index (χ0) is 13.0. The van der Waals surface area contributed by atoms with Crippen molar-refractivity contribution in [3.63, 3.8) is 0 Å². The van der Waals surface area contributed by atoms with E-state index in [0.717, 1.165) is 11.8 Å². The Balaban J connectivity index is 1.56. The van der Waals surface area contributed by atoms with Gasteiger partial charge >= 0.3 is 5.97 Å². The number of fused-ring (bicyclic) bond motifs is 5. The Morgan fingerprint density at radius 3 is 2.22 bits per heavy atom. The number of hydrogen-bond acceptors (Lipinski definition) is 2. The number of rotatable bonds is 4. The van der Waals surface area contributed by atoms with Crippen LogP contribution in [-0.2, 0) is 9.59 Å². The summed E-state index contributed by atoms with van der Waals surface area (Å²) in [5, 5.41) is 11.8. The summed E-state index contributed by atoms with van der Waals surface area (Å²) in [5.74, 6) is 1.73. The molecule has 18 heavy (non-hydrogen) atoms. The lowest BCUT2D eigenvalue weighted by molar-refractivity contribution is -0.142.